The van der Waals surface area contributed by atoms with Crippen LogP contribution in [0.5, 0.6) is 0 Å². The first kappa shape index (κ1) is 56.9. The minimum absolute atomic E-state index is 0.162. The number of allylic oxidation sites excluding steroid dienone is 6. The van der Waals surface area contributed by atoms with Crippen molar-refractivity contribution in [2.75, 3.05) is 19.0 Å². The third-order valence-electron chi connectivity index (χ3n) is 11.0. The third-order valence-corrected chi connectivity index (χ3v) is 11.7. The summed E-state index contributed by atoms with van der Waals surface area (Å²) in [5, 5.41) is 30.9. The van der Waals surface area contributed by atoms with Crippen LogP contribution in [0.1, 0.15) is 200 Å². The minimum Gasteiger partial charge on any atom is -0.462 e. The molecule has 0 radical (unpaired) electrons. The average Bonchev–Trinajstić information content (AvgIpc) is 3.22. The third kappa shape index (κ3) is 33.1. The van der Waals surface area contributed by atoms with E-state index in [1.807, 2.05) is 0 Å². The Balaban J connectivity index is 2.43. The van der Waals surface area contributed by atoms with Gasteiger partial charge in [0, 0.05) is 12.8 Å². The number of esters is 2. The maximum atomic E-state index is 12.8. The molecule has 1 aliphatic heterocycles. The van der Waals surface area contributed by atoms with Gasteiger partial charge in [0.1, 0.15) is 36.8 Å². The lowest BCUT2D eigenvalue weighted by atomic mass is 10.00. The number of hydrogen-bond acceptors (Lipinski definition) is 11. The van der Waals surface area contributed by atoms with Crippen molar-refractivity contribution >= 4 is 22.1 Å². The number of aliphatic hydroxyl groups excluding tert-OH is 3. The van der Waals surface area contributed by atoms with Crippen molar-refractivity contribution in [2.24, 2.45) is 0 Å². The lowest BCUT2D eigenvalue weighted by molar-refractivity contribution is -0.297. The van der Waals surface area contributed by atoms with Gasteiger partial charge in [0.2, 0.25) is 0 Å². The lowest BCUT2D eigenvalue weighted by Crippen LogP contribution is -2.60. The Bertz CT molecular complexity index is 1270. The van der Waals surface area contributed by atoms with E-state index in [0.717, 1.165) is 64.2 Å². The molecule has 13 heteroatoms. The molecule has 0 bridgehead atoms. The summed E-state index contributed by atoms with van der Waals surface area (Å²) in [5.74, 6) is -2.00. The highest BCUT2D eigenvalue weighted by atomic mass is 32.2. The van der Waals surface area contributed by atoms with Gasteiger partial charge in [0.15, 0.2) is 12.4 Å². The van der Waals surface area contributed by atoms with Crippen LogP contribution in [-0.4, -0.2) is 96.0 Å². The van der Waals surface area contributed by atoms with E-state index >= 15 is 0 Å². The molecule has 4 N–H and O–H groups in total. The fraction of sp³-hybridized carbons (Fsp3) is 0.833. The molecule has 0 aromatic carbocycles. The number of hydrogen-bond donors (Lipinski definition) is 4. The molecule has 0 aromatic rings. The van der Waals surface area contributed by atoms with Crippen LogP contribution in [0.25, 0.3) is 0 Å². The van der Waals surface area contributed by atoms with Crippen LogP contribution in [0.4, 0.5) is 0 Å². The van der Waals surface area contributed by atoms with E-state index in [4.69, 9.17) is 18.9 Å². The van der Waals surface area contributed by atoms with Crippen LogP contribution in [0.15, 0.2) is 36.5 Å². The van der Waals surface area contributed by atoms with Crippen molar-refractivity contribution in [3.05, 3.63) is 36.5 Å². The summed E-state index contributed by atoms with van der Waals surface area (Å²) in [6.45, 7) is 3.73. The summed E-state index contributed by atoms with van der Waals surface area (Å²) in [6, 6.07) is 0. The normalized spacial score (nSPS) is 20.3. The molecule has 1 rings (SSSR count). The van der Waals surface area contributed by atoms with Crippen molar-refractivity contribution in [1.29, 1.82) is 0 Å². The fourth-order valence-corrected chi connectivity index (χ4v) is 7.90. The standard InChI is InChI=1S/C48H86O12S/c1-3-5-7-9-11-13-15-17-19-21-23-24-26-28-30-32-34-36-43(49)57-38-41(39-58-48-47(53)46(52)45(51)42(60-48)40-61(54,55)56)59-44(50)37-35-33-31-29-27-25-22-20-18-16-14-12-10-8-6-4-2/h11,13,17,19,23-24,41-42,45-48,51-53H,3-10,12,14-16,18,20-22,25-40H2,1-2H3,(H,54,55,56)/b13-11+,19-17+,24-23+/t41-,42-,45-,46?,47?,48+/m1/s1. The van der Waals surface area contributed by atoms with Crippen molar-refractivity contribution in [3.63, 3.8) is 0 Å². The van der Waals surface area contributed by atoms with Gasteiger partial charge in [-0.25, -0.2) is 0 Å². The maximum Gasteiger partial charge on any atom is 0.306 e. The Morgan fingerprint density at radius 1 is 0.557 bits per heavy atom. The van der Waals surface area contributed by atoms with E-state index in [0.29, 0.717) is 12.8 Å². The topological polar surface area (TPSA) is 186 Å². The van der Waals surface area contributed by atoms with Gasteiger partial charge in [-0.2, -0.15) is 8.42 Å². The SMILES string of the molecule is CCCCC/C=C/C/C=C/C/C=C/CCCCCCC(=O)OC[C@H](CO[C@H]1O[C@H](CS(=O)(=O)O)[C@@H](O)C(O)C1O)OC(=O)CCCCCCCCCCCCCCCCCC. The molecular formula is C48H86O12S. The Morgan fingerprint density at radius 3 is 1.49 bits per heavy atom. The van der Waals surface area contributed by atoms with Gasteiger partial charge in [-0.15, -0.1) is 0 Å². The monoisotopic (exact) mass is 887 g/mol. The van der Waals surface area contributed by atoms with E-state index in [1.165, 1.54) is 96.3 Å². The first-order chi connectivity index (χ1) is 29.5. The fourth-order valence-electron chi connectivity index (χ4n) is 7.21. The molecule has 0 saturated carbocycles. The summed E-state index contributed by atoms with van der Waals surface area (Å²) >= 11 is 0. The number of ether oxygens (including phenoxy) is 4. The molecule has 61 heavy (non-hydrogen) atoms. The number of unbranched alkanes of at least 4 members (excludes halogenated alkanes) is 22. The molecule has 1 saturated heterocycles. The van der Waals surface area contributed by atoms with Crippen LogP contribution < -0.4 is 0 Å². The lowest BCUT2D eigenvalue weighted by Gasteiger charge is -2.40. The van der Waals surface area contributed by atoms with Gasteiger partial charge in [0.05, 0.1) is 6.61 Å². The zero-order chi connectivity index (χ0) is 44.8. The van der Waals surface area contributed by atoms with E-state index in [1.54, 1.807) is 0 Å². The summed E-state index contributed by atoms with van der Waals surface area (Å²) < 4.78 is 54.1. The summed E-state index contributed by atoms with van der Waals surface area (Å²) in [6.07, 6.45) is 34.7. The smallest absolute Gasteiger partial charge is 0.306 e. The van der Waals surface area contributed by atoms with E-state index in [9.17, 15) is 37.9 Å². The molecule has 0 aliphatic carbocycles. The van der Waals surface area contributed by atoms with Gasteiger partial charge >= 0.3 is 11.9 Å². The van der Waals surface area contributed by atoms with Gasteiger partial charge in [0.25, 0.3) is 10.1 Å². The van der Waals surface area contributed by atoms with E-state index < -0.39 is 71.2 Å². The number of carbonyl (C=O) groups is 2. The van der Waals surface area contributed by atoms with Crippen molar-refractivity contribution in [3.8, 4) is 0 Å². The number of aliphatic hydroxyl groups is 3. The van der Waals surface area contributed by atoms with Crippen LogP contribution in [0.3, 0.4) is 0 Å². The van der Waals surface area contributed by atoms with E-state index in [-0.39, 0.29) is 19.4 Å². The van der Waals surface area contributed by atoms with Crippen LogP contribution in [0, 0.1) is 0 Å². The molecule has 1 aliphatic rings. The predicted molar refractivity (Wildman–Crippen MR) is 243 cm³/mol. The summed E-state index contributed by atoms with van der Waals surface area (Å²) in [5.41, 5.74) is 0. The molecule has 12 nitrogen and oxygen atoms in total. The number of rotatable bonds is 40. The largest absolute Gasteiger partial charge is 0.462 e. The second kappa shape index (κ2) is 38.3. The molecule has 0 spiro atoms. The highest BCUT2D eigenvalue weighted by Crippen LogP contribution is 2.24. The van der Waals surface area contributed by atoms with Crippen LogP contribution in [0.2, 0.25) is 0 Å². The van der Waals surface area contributed by atoms with Crippen molar-refractivity contribution in [1.82, 2.24) is 0 Å². The van der Waals surface area contributed by atoms with Gasteiger partial charge < -0.3 is 34.3 Å². The Hall–Kier alpha value is -2.13. The molecule has 0 aromatic heterocycles. The molecule has 2 unspecified atom stereocenters. The Morgan fingerprint density at radius 2 is 0.984 bits per heavy atom. The zero-order valence-electron chi connectivity index (χ0n) is 38.0. The zero-order valence-corrected chi connectivity index (χ0v) is 38.8. The van der Waals surface area contributed by atoms with Crippen molar-refractivity contribution < 1.29 is 56.8 Å². The number of carbonyl (C=O) groups excluding carboxylic acids is 2. The second-order valence-corrected chi connectivity index (χ2v) is 18.3. The second-order valence-electron chi connectivity index (χ2n) is 16.8. The first-order valence-corrected chi connectivity index (χ1v) is 25.7. The highest BCUT2D eigenvalue weighted by molar-refractivity contribution is 7.85. The van der Waals surface area contributed by atoms with E-state index in [2.05, 4.69) is 50.3 Å². The minimum atomic E-state index is -4.60. The van der Waals surface area contributed by atoms with Crippen molar-refractivity contribution in [2.45, 2.75) is 237 Å². The Kier molecular flexibility index (Phi) is 35.8. The molecule has 1 heterocycles. The average molecular weight is 887 g/mol. The quantitative estimate of drug-likeness (QED) is 0.0198. The summed E-state index contributed by atoms with van der Waals surface area (Å²) in [7, 11) is -4.60. The predicted octanol–water partition coefficient (Wildman–Crippen LogP) is 10.2. The first-order valence-electron chi connectivity index (χ1n) is 24.0. The van der Waals surface area contributed by atoms with Gasteiger partial charge in [-0.05, 0) is 51.4 Å². The molecular weight excluding hydrogens is 801 g/mol. The summed E-state index contributed by atoms with van der Waals surface area (Å²) in [4.78, 5) is 25.4. The van der Waals surface area contributed by atoms with Crippen LogP contribution >= 0.6 is 0 Å². The molecule has 1 fully saturated rings. The highest BCUT2D eigenvalue weighted by Gasteiger charge is 2.46. The molecule has 6 atom stereocenters. The maximum absolute atomic E-state index is 12.8. The van der Waals surface area contributed by atoms with Gasteiger partial charge in [-0.3, -0.25) is 14.1 Å². The molecule has 356 valence electrons. The molecule has 0 amide bonds. The van der Waals surface area contributed by atoms with Crippen LogP contribution in [-0.2, 0) is 38.7 Å². The van der Waals surface area contributed by atoms with Gasteiger partial charge in [-0.1, -0.05) is 172 Å². The Labute approximate surface area is 370 Å².